The van der Waals surface area contributed by atoms with Gasteiger partial charge in [0.2, 0.25) is 0 Å². The number of nitrogens with zero attached hydrogens (tertiary/aromatic N) is 3. The number of rotatable bonds is 7. The number of aryl methyl sites for hydroxylation is 2. The summed E-state index contributed by atoms with van der Waals surface area (Å²) in [5.74, 6) is 0.771. The fourth-order valence-corrected chi connectivity index (χ4v) is 2.67. The van der Waals surface area contributed by atoms with Crippen LogP contribution in [0.25, 0.3) is 0 Å². The Hall–Kier alpha value is -1.64. The van der Waals surface area contributed by atoms with E-state index >= 15 is 0 Å². The van der Waals surface area contributed by atoms with E-state index in [4.69, 9.17) is 14.5 Å². The topological polar surface area (TPSA) is 58.4 Å². The Kier molecular flexibility index (Phi) is 5.97. The van der Waals surface area contributed by atoms with E-state index in [0.29, 0.717) is 31.9 Å². The lowest BCUT2D eigenvalue weighted by atomic mass is 9.95. The minimum Gasteiger partial charge on any atom is -0.383 e. The third-order valence-corrected chi connectivity index (χ3v) is 3.83. The number of nitriles is 1. The Bertz CT molecular complexity index is 503. The van der Waals surface area contributed by atoms with Gasteiger partial charge in [-0.05, 0) is 37.3 Å². The minimum atomic E-state index is 0.605. The van der Waals surface area contributed by atoms with Crippen molar-refractivity contribution in [3.05, 3.63) is 22.9 Å². The molecule has 0 aromatic carbocycles. The summed E-state index contributed by atoms with van der Waals surface area (Å²) >= 11 is 0. The monoisotopic (exact) mass is 289 g/mol. The zero-order valence-corrected chi connectivity index (χ0v) is 12.9. The highest BCUT2D eigenvalue weighted by molar-refractivity contribution is 5.56. The number of hydrogen-bond acceptors (Lipinski definition) is 5. The van der Waals surface area contributed by atoms with Crippen molar-refractivity contribution in [3.8, 4) is 6.07 Å². The van der Waals surface area contributed by atoms with Crippen LogP contribution in [0.2, 0.25) is 0 Å². The number of aromatic nitrogens is 1. The molecule has 5 nitrogen and oxygen atoms in total. The van der Waals surface area contributed by atoms with Gasteiger partial charge in [0, 0.05) is 33.0 Å². The van der Waals surface area contributed by atoms with Crippen molar-refractivity contribution >= 4 is 5.82 Å². The van der Waals surface area contributed by atoms with Crippen LogP contribution < -0.4 is 4.90 Å². The van der Waals surface area contributed by atoms with Crippen molar-refractivity contribution in [3.63, 3.8) is 0 Å². The van der Waals surface area contributed by atoms with Crippen LogP contribution in [0, 0.1) is 11.3 Å². The molecule has 1 aliphatic rings. The summed E-state index contributed by atoms with van der Waals surface area (Å²) in [6.07, 6.45) is 4.42. The average Bonchev–Trinajstić information content (AvgIpc) is 2.54. The van der Waals surface area contributed by atoms with Gasteiger partial charge in [-0.25, -0.2) is 4.98 Å². The Labute approximate surface area is 126 Å². The summed E-state index contributed by atoms with van der Waals surface area (Å²) in [6.45, 7) is 2.63. The van der Waals surface area contributed by atoms with E-state index in [9.17, 15) is 5.26 Å². The molecule has 21 heavy (non-hydrogen) atoms. The van der Waals surface area contributed by atoms with Crippen LogP contribution in [0.3, 0.4) is 0 Å². The molecule has 0 spiro atoms. The second kappa shape index (κ2) is 7.96. The predicted molar refractivity (Wildman–Crippen MR) is 81.6 cm³/mol. The molecule has 0 saturated carbocycles. The first-order valence-corrected chi connectivity index (χ1v) is 7.46. The molecular formula is C16H23N3O2. The maximum atomic E-state index is 9.44. The number of anilines is 1. The number of hydrogen-bond donors (Lipinski definition) is 0. The lowest BCUT2D eigenvalue weighted by molar-refractivity contribution is 0.190. The smallest absolute Gasteiger partial charge is 0.146 e. The highest BCUT2D eigenvalue weighted by atomic mass is 16.5. The van der Waals surface area contributed by atoms with E-state index in [1.165, 1.54) is 18.4 Å². The van der Waals surface area contributed by atoms with Gasteiger partial charge >= 0.3 is 0 Å². The van der Waals surface area contributed by atoms with Gasteiger partial charge < -0.3 is 14.4 Å². The van der Waals surface area contributed by atoms with Gasteiger partial charge in [-0.3, -0.25) is 0 Å². The van der Waals surface area contributed by atoms with Crippen molar-refractivity contribution in [1.82, 2.24) is 4.98 Å². The maximum Gasteiger partial charge on any atom is 0.146 e. The number of methoxy groups -OCH3 is 2. The Morgan fingerprint density at radius 1 is 1.19 bits per heavy atom. The van der Waals surface area contributed by atoms with Crippen LogP contribution in [0.5, 0.6) is 0 Å². The lowest BCUT2D eigenvalue weighted by Gasteiger charge is -2.26. The van der Waals surface area contributed by atoms with E-state index in [1.54, 1.807) is 14.2 Å². The summed E-state index contributed by atoms with van der Waals surface area (Å²) in [7, 11) is 3.36. The molecule has 0 atom stereocenters. The summed E-state index contributed by atoms with van der Waals surface area (Å²) in [4.78, 5) is 6.87. The quantitative estimate of drug-likeness (QED) is 0.767. The molecule has 1 aromatic heterocycles. The molecule has 2 rings (SSSR count). The van der Waals surface area contributed by atoms with Gasteiger partial charge in [0.25, 0.3) is 0 Å². The Morgan fingerprint density at radius 3 is 2.48 bits per heavy atom. The molecule has 0 saturated heterocycles. The molecule has 1 heterocycles. The van der Waals surface area contributed by atoms with Crippen LogP contribution in [0.1, 0.15) is 29.7 Å². The largest absolute Gasteiger partial charge is 0.383 e. The molecule has 5 heteroatoms. The highest BCUT2D eigenvalue weighted by Crippen LogP contribution is 2.26. The molecule has 0 bridgehead atoms. The molecular weight excluding hydrogens is 266 g/mol. The van der Waals surface area contributed by atoms with Crippen molar-refractivity contribution < 1.29 is 9.47 Å². The van der Waals surface area contributed by atoms with Crippen molar-refractivity contribution in [2.75, 3.05) is 45.4 Å². The first kappa shape index (κ1) is 15.7. The Balaban J connectivity index is 2.30. The standard InChI is InChI=1S/C16H23N3O2/c1-20-9-7-19(8-10-21-2)16-14(12-17)11-13-5-3-4-6-15(13)18-16/h11H,3-10H2,1-2H3. The molecule has 114 valence electrons. The fourth-order valence-electron chi connectivity index (χ4n) is 2.67. The van der Waals surface area contributed by atoms with Gasteiger partial charge in [-0.2, -0.15) is 5.26 Å². The maximum absolute atomic E-state index is 9.44. The van der Waals surface area contributed by atoms with Crippen LogP contribution in [0.4, 0.5) is 5.82 Å². The van der Waals surface area contributed by atoms with Gasteiger partial charge in [0.05, 0.1) is 18.8 Å². The molecule has 0 N–H and O–H groups in total. The molecule has 0 amide bonds. The fraction of sp³-hybridized carbons (Fsp3) is 0.625. The third kappa shape index (κ3) is 3.93. The SMILES string of the molecule is COCCN(CCOC)c1nc2c(cc1C#N)CCCC2. The van der Waals surface area contributed by atoms with Gasteiger partial charge in [-0.15, -0.1) is 0 Å². The minimum absolute atomic E-state index is 0.605. The van der Waals surface area contributed by atoms with Crippen molar-refractivity contribution in [2.45, 2.75) is 25.7 Å². The zero-order valence-electron chi connectivity index (χ0n) is 12.9. The molecule has 0 fully saturated rings. The lowest BCUT2D eigenvalue weighted by Crippen LogP contribution is -2.32. The van der Waals surface area contributed by atoms with E-state index in [2.05, 4.69) is 11.0 Å². The van der Waals surface area contributed by atoms with E-state index in [-0.39, 0.29) is 0 Å². The molecule has 1 aliphatic carbocycles. The molecule has 0 aliphatic heterocycles. The Morgan fingerprint density at radius 2 is 1.86 bits per heavy atom. The summed E-state index contributed by atoms with van der Waals surface area (Å²) in [5, 5.41) is 9.44. The second-order valence-electron chi connectivity index (χ2n) is 5.26. The molecule has 1 aromatic rings. The van der Waals surface area contributed by atoms with Gasteiger partial charge in [0.15, 0.2) is 0 Å². The molecule has 0 unspecified atom stereocenters. The van der Waals surface area contributed by atoms with E-state index in [1.807, 2.05) is 6.07 Å². The normalized spacial score (nSPS) is 13.6. The number of ether oxygens (including phenoxy) is 2. The molecule has 0 radical (unpaired) electrons. The van der Waals surface area contributed by atoms with Crippen LogP contribution >= 0.6 is 0 Å². The summed E-state index contributed by atoms with van der Waals surface area (Å²) < 4.78 is 10.3. The predicted octanol–water partition coefficient (Wildman–Crippen LogP) is 1.93. The van der Waals surface area contributed by atoms with Crippen LogP contribution in [0.15, 0.2) is 6.07 Å². The number of pyridine rings is 1. The first-order chi connectivity index (χ1) is 10.3. The van der Waals surface area contributed by atoms with Crippen molar-refractivity contribution in [1.29, 1.82) is 5.26 Å². The van der Waals surface area contributed by atoms with Gasteiger partial charge in [-0.1, -0.05) is 0 Å². The van der Waals surface area contributed by atoms with Gasteiger partial charge in [0.1, 0.15) is 11.9 Å². The zero-order chi connectivity index (χ0) is 15.1. The highest BCUT2D eigenvalue weighted by Gasteiger charge is 2.19. The van der Waals surface area contributed by atoms with Crippen LogP contribution in [-0.2, 0) is 22.3 Å². The number of fused-ring (bicyclic) bond motifs is 1. The summed E-state index contributed by atoms with van der Waals surface area (Å²) in [5.41, 5.74) is 3.04. The van der Waals surface area contributed by atoms with Crippen LogP contribution in [-0.4, -0.2) is 45.5 Å². The average molecular weight is 289 g/mol. The first-order valence-electron chi connectivity index (χ1n) is 7.46. The summed E-state index contributed by atoms with van der Waals surface area (Å²) in [6, 6.07) is 4.31. The van der Waals surface area contributed by atoms with Crippen molar-refractivity contribution in [2.24, 2.45) is 0 Å². The van der Waals surface area contributed by atoms with E-state index < -0.39 is 0 Å². The third-order valence-electron chi connectivity index (χ3n) is 3.83. The second-order valence-corrected chi connectivity index (χ2v) is 5.26. The van der Waals surface area contributed by atoms with E-state index in [0.717, 1.165) is 24.4 Å².